The number of esters is 2. The van der Waals surface area contributed by atoms with E-state index in [4.69, 9.17) is 14.2 Å². The zero-order valence-corrected chi connectivity index (χ0v) is 11.8. The van der Waals surface area contributed by atoms with Crippen LogP contribution in [0.1, 0.15) is 12.5 Å². The molecule has 0 unspecified atom stereocenters. The second kappa shape index (κ2) is 8.04. The summed E-state index contributed by atoms with van der Waals surface area (Å²) in [6.45, 7) is 1.56. The van der Waals surface area contributed by atoms with Gasteiger partial charge in [0.15, 0.2) is 18.1 Å². The van der Waals surface area contributed by atoms with Crippen LogP contribution in [0.5, 0.6) is 11.5 Å². The summed E-state index contributed by atoms with van der Waals surface area (Å²) >= 11 is 0. The van der Waals surface area contributed by atoms with Gasteiger partial charge in [-0.05, 0) is 24.6 Å². The first kappa shape index (κ1) is 15.8. The molecule has 0 aliphatic carbocycles. The van der Waals surface area contributed by atoms with Gasteiger partial charge in [-0.25, -0.2) is 4.79 Å². The highest BCUT2D eigenvalue weighted by atomic mass is 16.6. The highest BCUT2D eigenvalue weighted by Crippen LogP contribution is 2.27. The standard InChI is InChI=1S/C14H18O6/c1-4-19-14(16)9-20-13(15)8-10-5-6-11(17-2)12(7-10)18-3/h5-7H,4,8-9H2,1-3H3. The lowest BCUT2D eigenvalue weighted by Gasteiger charge is -2.09. The average Bonchev–Trinajstić information content (AvgIpc) is 2.45. The third-order valence-electron chi connectivity index (χ3n) is 2.45. The van der Waals surface area contributed by atoms with Crippen LogP contribution in [-0.2, 0) is 25.5 Å². The van der Waals surface area contributed by atoms with Gasteiger partial charge in [-0.1, -0.05) is 6.07 Å². The molecule has 0 aliphatic heterocycles. The number of carbonyl (C=O) groups excluding carboxylic acids is 2. The third kappa shape index (κ3) is 4.79. The summed E-state index contributed by atoms with van der Waals surface area (Å²) in [6, 6.07) is 5.12. The molecular formula is C14H18O6. The van der Waals surface area contributed by atoms with Crippen LogP contribution in [0.2, 0.25) is 0 Å². The van der Waals surface area contributed by atoms with E-state index in [1.165, 1.54) is 14.2 Å². The maximum Gasteiger partial charge on any atom is 0.344 e. The van der Waals surface area contributed by atoms with Crippen LogP contribution in [0.3, 0.4) is 0 Å². The van der Waals surface area contributed by atoms with Gasteiger partial charge in [-0.3, -0.25) is 4.79 Å². The van der Waals surface area contributed by atoms with Crippen LogP contribution < -0.4 is 9.47 Å². The van der Waals surface area contributed by atoms with Crippen LogP contribution in [0.15, 0.2) is 18.2 Å². The first-order valence-electron chi connectivity index (χ1n) is 6.12. The SMILES string of the molecule is CCOC(=O)COC(=O)Cc1ccc(OC)c(OC)c1. The number of benzene rings is 1. The highest BCUT2D eigenvalue weighted by molar-refractivity contribution is 5.77. The van der Waals surface area contributed by atoms with E-state index in [1.807, 2.05) is 0 Å². The van der Waals surface area contributed by atoms with Crippen molar-refractivity contribution in [1.29, 1.82) is 0 Å². The molecule has 6 nitrogen and oxygen atoms in total. The lowest BCUT2D eigenvalue weighted by atomic mass is 10.1. The first-order valence-corrected chi connectivity index (χ1v) is 6.12. The van der Waals surface area contributed by atoms with Crippen molar-refractivity contribution in [2.75, 3.05) is 27.4 Å². The van der Waals surface area contributed by atoms with E-state index in [-0.39, 0.29) is 19.6 Å². The summed E-state index contributed by atoms with van der Waals surface area (Å²) in [6.07, 6.45) is 0.0414. The number of methoxy groups -OCH3 is 2. The fourth-order valence-corrected chi connectivity index (χ4v) is 1.55. The van der Waals surface area contributed by atoms with Gasteiger partial charge in [0.25, 0.3) is 0 Å². The van der Waals surface area contributed by atoms with Crippen molar-refractivity contribution in [2.45, 2.75) is 13.3 Å². The normalized spacial score (nSPS) is 9.75. The van der Waals surface area contributed by atoms with E-state index >= 15 is 0 Å². The van der Waals surface area contributed by atoms with Crippen molar-refractivity contribution in [3.05, 3.63) is 23.8 Å². The Morgan fingerprint density at radius 1 is 1.00 bits per heavy atom. The average molecular weight is 282 g/mol. The number of hydrogen-bond acceptors (Lipinski definition) is 6. The Morgan fingerprint density at radius 2 is 1.70 bits per heavy atom. The molecule has 0 atom stereocenters. The van der Waals surface area contributed by atoms with Crippen molar-refractivity contribution >= 4 is 11.9 Å². The Hall–Kier alpha value is -2.24. The van der Waals surface area contributed by atoms with Gasteiger partial charge in [0.1, 0.15) is 0 Å². The molecule has 0 heterocycles. The summed E-state index contributed by atoms with van der Waals surface area (Å²) in [5, 5.41) is 0. The topological polar surface area (TPSA) is 71.1 Å². The van der Waals surface area contributed by atoms with E-state index in [0.717, 1.165) is 0 Å². The zero-order valence-electron chi connectivity index (χ0n) is 11.8. The predicted molar refractivity (Wildman–Crippen MR) is 70.8 cm³/mol. The number of carbonyl (C=O) groups is 2. The molecule has 6 heteroatoms. The molecule has 0 aliphatic rings. The minimum absolute atomic E-state index is 0.0414. The molecule has 20 heavy (non-hydrogen) atoms. The van der Waals surface area contributed by atoms with E-state index in [9.17, 15) is 9.59 Å². The second-order valence-corrected chi connectivity index (χ2v) is 3.83. The fourth-order valence-electron chi connectivity index (χ4n) is 1.55. The Kier molecular flexibility index (Phi) is 6.36. The molecule has 110 valence electrons. The lowest BCUT2D eigenvalue weighted by Crippen LogP contribution is -2.17. The van der Waals surface area contributed by atoms with E-state index < -0.39 is 11.9 Å². The van der Waals surface area contributed by atoms with Crippen molar-refractivity contribution in [2.24, 2.45) is 0 Å². The molecule has 0 N–H and O–H groups in total. The van der Waals surface area contributed by atoms with Crippen LogP contribution in [0.25, 0.3) is 0 Å². The van der Waals surface area contributed by atoms with Crippen molar-refractivity contribution < 1.29 is 28.5 Å². The smallest absolute Gasteiger partial charge is 0.344 e. The Labute approximate surface area is 117 Å². The largest absolute Gasteiger partial charge is 0.493 e. The quantitative estimate of drug-likeness (QED) is 0.703. The summed E-state index contributed by atoms with van der Waals surface area (Å²) in [5.74, 6) is 0.0396. The summed E-state index contributed by atoms with van der Waals surface area (Å²) < 4.78 is 19.7. The molecule has 0 fully saturated rings. The molecule has 0 saturated heterocycles. The van der Waals surface area contributed by atoms with Crippen molar-refractivity contribution in [3.63, 3.8) is 0 Å². The van der Waals surface area contributed by atoms with Gasteiger partial charge >= 0.3 is 11.9 Å². The molecular weight excluding hydrogens is 264 g/mol. The van der Waals surface area contributed by atoms with Crippen LogP contribution in [0, 0.1) is 0 Å². The third-order valence-corrected chi connectivity index (χ3v) is 2.45. The number of rotatable bonds is 7. The van der Waals surface area contributed by atoms with Gasteiger partial charge in [0, 0.05) is 0 Å². The van der Waals surface area contributed by atoms with Gasteiger partial charge in [-0.15, -0.1) is 0 Å². The zero-order chi connectivity index (χ0) is 15.0. The Morgan fingerprint density at radius 3 is 2.30 bits per heavy atom. The molecule has 0 spiro atoms. The molecule has 1 aromatic rings. The second-order valence-electron chi connectivity index (χ2n) is 3.83. The highest BCUT2D eigenvalue weighted by Gasteiger charge is 2.11. The number of ether oxygens (including phenoxy) is 4. The van der Waals surface area contributed by atoms with Crippen LogP contribution in [0.4, 0.5) is 0 Å². The van der Waals surface area contributed by atoms with E-state index in [0.29, 0.717) is 17.1 Å². The van der Waals surface area contributed by atoms with Gasteiger partial charge in [0.05, 0.1) is 27.2 Å². The summed E-state index contributed by atoms with van der Waals surface area (Å²) in [7, 11) is 3.05. The monoisotopic (exact) mass is 282 g/mol. The molecule has 0 aromatic heterocycles. The predicted octanol–water partition coefficient (Wildman–Crippen LogP) is 1.35. The lowest BCUT2D eigenvalue weighted by molar-refractivity contribution is -0.158. The molecule has 0 amide bonds. The number of hydrogen-bond donors (Lipinski definition) is 0. The maximum atomic E-state index is 11.6. The Bertz CT molecular complexity index is 469. The van der Waals surface area contributed by atoms with Crippen molar-refractivity contribution in [1.82, 2.24) is 0 Å². The van der Waals surface area contributed by atoms with Gasteiger partial charge in [-0.2, -0.15) is 0 Å². The van der Waals surface area contributed by atoms with Crippen molar-refractivity contribution in [3.8, 4) is 11.5 Å². The first-order chi connectivity index (χ1) is 9.60. The molecule has 0 bridgehead atoms. The molecule has 1 rings (SSSR count). The van der Waals surface area contributed by atoms with E-state index in [2.05, 4.69) is 4.74 Å². The van der Waals surface area contributed by atoms with Crippen LogP contribution in [-0.4, -0.2) is 39.4 Å². The Balaban J connectivity index is 2.55. The molecule has 0 saturated carbocycles. The van der Waals surface area contributed by atoms with Gasteiger partial charge < -0.3 is 18.9 Å². The summed E-state index contributed by atoms with van der Waals surface area (Å²) in [4.78, 5) is 22.6. The fraction of sp³-hybridized carbons (Fsp3) is 0.429. The van der Waals surface area contributed by atoms with Crippen LogP contribution >= 0.6 is 0 Å². The van der Waals surface area contributed by atoms with E-state index in [1.54, 1.807) is 25.1 Å². The van der Waals surface area contributed by atoms with Gasteiger partial charge in [0.2, 0.25) is 0 Å². The molecule has 1 aromatic carbocycles. The minimum Gasteiger partial charge on any atom is -0.493 e. The minimum atomic E-state index is -0.562. The molecule has 0 radical (unpaired) electrons. The summed E-state index contributed by atoms with van der Waals surface area (Å²) in [5.41, 5.74) is 0.705. The maximum absolute atomic E-state index is 11.6.